The smallest absolute Gasteiger partial charge is 0.242 e. The predicted octanol–water partition coefficient (Wildman–Crippen LogP) is 0.828. The van der Waals surface area contributed by atoms with Crippen LogP contribution in [0.3, 0.4) is 0 Å². The number of hydrogen-bond donors (Lipinski definition) is 3. The molecule has 0 spiro atoms. The number of rotatable bonds is 8. The Morgan fingerprint density at radius 1 is 1.42 bits per heavy atom. The van der Waals surface area contributed by atoms with Crippen LogP contribution in [-0.2, 0) is 21.3 Å². The Bertz CT molecular complexity index is 494. The number of aromatic amines is 1. The molecule has 0 radical (unpaired) electrons. The first-order chi connectivity index (χ1) is 8.80. The number of nitrogens with one attached hydrogen (secondary N) is 3. The number of aromatic nitrogens is 1. The van der Waals surface area contributed by atoms with Gasteiger partial charge < -0.3 is 15.0 Å². The second-order valence-electron chi connectivity index (χ2n) is 5.06. The van der Waals surface area contributed by atoms with Gasteiger partial charge in [0.2, 0.25) is 10.0 Å². The Hall–Kier alpha value is -0.890. The van der Waals surface area contributed by atoms with Gasteiger partial charge in [-0.15, -0.1) is 0 Å². The maximum absolute atomic E-state index is 12.2. The highest BCUT2D eigenvalue weighted by Crippen LogP contribution is 2.14. The molecule has 0 unspecified atom stereocenters. The van der Waals surface area contributed by atoms with Crippen LogP contribution in [0.2, 0.25) is 0 Å². The van der Waals surface area contributed by atoms with Crippen LogP contribution in [0.25, 0.3) is 0 Å². The zero-order valence-corrected chi connectivity index (χ0v) is 12.7. The molecule has 0 saturated heterocycles. The van der Waals surface area contributed by atoms with E-state index in [2.05, 4.69) is 15.0 Å². The molecule has 1 aromatic rings. The highest BCUT2D eigenvalue weighted by molar-refractivity contribution is 7.89. The number of H-pyrrole nitrogens is 1. The van der Waals surface area contributed by atoms with Gasteiger partial charge in [0.1, 0.15) is 0 Å². The molecule has 0 fully saturated rings. The summed E-state index contributed by atoms with van der Waals surface area (Å²) < 4.78 is 32.0. The van der Waals surface area contributed by atoms with Crippen LogP contribution in [0.1, 0.15) is 26.5 Å². The second kappa shape index (κ2) is 6.51. The first-order valence-electron chi connectivity index (χ1n) is 6.21. The van der Waals surface area contributed by atoms with Crippen LogP contribution < -0.4 is 10.0 Å². The topological polar surface area (TPSA) is 83.2 Å². The third-order valence-electron chi connectivity index (χ3n) is 2.51. The van der Waals surface area contributed by atoms with Gasteiger partial charge in [-0.2, -0.15) is 0 Å². The fraction of sp³-hybridized carbons (Fsp3) is 0.667. The maximum atomic E-state index is 12.2. The minimum absolute atomic E-state index is 0.240. The first kappa shape index (κ1) is 16.2. The van der Waals surface area contributed by atoms with E-state index in [0.29, 0.717) is 13.2 Å². The normalized spacial score (nSPS) is 12.8. The van der Waals surface area contributed by atoms with Gasteiger partial charge in [0.05, 0.1) is 17.0 Å². The molecule has 3 N–H and O–H groups in total. The summed E-state index contributed by atoms with van der Waals surface area (Å²) in [4.78, 5) is 3.19. The van der Waals surface area contributed by atoms with Gasteiger partial charge >= 0.3 is 0 Å². The van der Waals surface area contributed by atoms with Gasteiger partial charge in [-0.05, 0) is 26.5 Å². The highest BCUT2D eigenvalue weighted by atomic mass is 32.2. The fourth-order valence-electron chi connectivity index (χ4n) is 1.75. The van der Waals surface area contributed by atoms with Crippen LogP contribution in [0, 0.1) is 0 Å². The molecule has 0 atom stereocenters. The van der Waals surface area contributed by atoms with E-state index in [1.54, 1.807) is 27.0 Å². The van der Waals surface area contributed by atoms with Crippen molar-refractivity contribution in [1.29, 1.82) is 0 Å². The molecule has 0 amide bonds. The van der Waals surface area contributed by atoms with Crippen LogP contribution in [0.5, 0.6) is 0 Å². The molecule has 110 valence electrons. The molecule has 0 bridgehead atoms. The van der Waals surface area contributed by atoms with Gasteiger partial charge in [0, 0.05) is 25.5 Å². The Labute approximate surface area is 115 Å². The molecule has 0 aliphatic carbocycles. The van der Waals surface area contributed by atoms with E-state index in [1.165, 1.54) is 6.20 Å². The van der Waals surface area contributed by atoms with E-state index in [-0.39, 0.29) is 4.90 Å². The fourth-order valence-corrected chi connectivity index (χ4v) is 3.16. The minimum atomic E-state index is -3.53. The van der Waals surface area contributed by atoms with E-state index >= 15 is 0 Å². The molecular formula is C12H23N3O3S. The molecule has 6 nitrogen and oxygen atoms in total. The molecule has 19 heavy (non-hydrogen) atoms. The minimum Gasteiger partial charge on any atom is -0.383 e. The summed E-state index contributed by atoms with van der Waals surface area (Å²) in [5, 5.41) is 3.13. The van der Waals surface area contributed by atoms with E-state index in [0.717, 1.165) is 12.2 Å². The summed E-state index contributed by atoms with van der Waals surface area (Å²) in [5.74, 6) is 0. The largest absolute Gasteiger partial charge is 0.383 e. The lowest BCUT2D eigenvalue weighted by Crippen LogP contribution is -2.46. The van der Waals surface area contributed by atoms with Crippen LogP contribution >= 0.6 is 0 Å². The first-order valence-corrected chi connectivity index (χ1v) is 7.70. The summed E-state index contributed by atoms with van der Waals surface area (Å²) in [6, 6.07) is 1.63. The number of sulfonamides is 1. The zero-order valence-electron chi connectivity index (χ0n) is 11.9. The molecular weight excluding hydrogens is 266 g/mol. The van der Waals surface area contributed by atoms with Gasteiger partial charge in [0.25, 0.3) is 0 Å². The summed E-state index contributed by atoms with van der Waals surface area (Å²) in [7, 11) is -1.99. The number of methoxy groups -OCH3 is 1. The van der Waals surface area contributed by atoms with E-state index in [9.17, 15) is 8.42 Å². The zero-order chi connectivity index (χ0) is 14.5. The second-order valence-corrected chi connectivity index (χ2v) is 6.75. The summed E-state index contributed by atoms with van der Waals surface area (Å²) in [6.07, 6.45) is 1.50. The van der Waals surface area contributed by atoms with E-state index in [1.807, 2.05) is 6.92 Å². The van der Waals surface area contributed by atoms with Crippen molar-refractivity contribution in [1.82, 2.24) is 15.0 Å². The number of hydrogen-bond acceptors (Lipinski definition) is 4. The van der Waals surface area contributed by atoms with Gasteiger partial charge in [-0.1, -0.05) is 6.92 Å². The lowest BCUT2D eigenvalue weighted by atomic mass is 10.1. The van der Waals surface area contributed by atoms with Crippen LogP contribution in [-0.4, -0.2) is 39.2 Å². The van der Waals surface area contributed by atoms with Crippen LogP contribution in [0.15, 0.2) is 17.2 Å². The van der Waals surface area contributed by atoms with Crippen molar-refractivity contribution in [3.05, 3.63) is 18.0 Å². The summed E-state index contributed by atoms with van der Waals surface area (Å²) >= 11 is 0. The maximum Gasteiger partial charge on any atom is 0.242 e. The molecule has 1 heterocycles. The molecule has 1 rings (SSSR count). The van der Waals surface area contributed by atoms with Crippen molar-refractivity contribution >= 4 is 10.0 Å². The van der Waals surface area contributed by atoms with E-state index < -0.39 is 15.6 Å². The molecule has 1 aromatic heterocycles. The average Bonchev–Trinajstić information content (AvgIpc) is 2.73. The van der Waals surface area contributed by atoms with Crippen molar-refractivity contribution in [2.75, 3.05) is 20.3 Å². The van der Waals surface area contributed by atoms with Gasteiger partial charge in [0.15, 0.2) is 0 Å². The van der Waals surface area contributed by atoms with E-state index in [4.69, 9.17) is 4.74 Å². The van der Waals surface area contributed by atoms with Crippen molar-refractivity contribution < 1.29 is 13.2 Å². The molecule has 0 aliphatic heterocycles. The third-order valence-corrected chi connectivity index (χ3v) is 4.19. The molecule has 0 saturated carbocycles. The molecule has 7 heteroatoms. The average molecular weight is 289 g/mol. The lowest BCUT2D eigenvalue weighted by molar-refractivity contribution is 0.141. The quantitative estimate of drug-likeness (QED) is 0.662. The van der Waals surface area contributed by atoms with Crippen molar-refractivity contribution in [3.8, 4) is 0 Å². The monoisotopic (exact) mass is 289 g/mol. The Balaban J connectivity index is 2.80. The SMILES string of the molecule is CCNCc1cc(S(=O)(=O)NC(C)(C)COC)c[nH]1. The Morgan fingerprint density at radius 3 is 2.68 bits per heavy atom. The summed E-state index contributed by atoms with van der Waals surface area (Å²) in [6.45, 7) is 7.31. The van der Waals surface area contributed by atoms with Crippen molar-refractivity contribution in [2.45, 2.75) is 37.8 Å². The Kier molecular flexibility index (Phi) is 5.54. The lowest BCUT2D eigenvalue weighted by Gasteiger charge is -2.24. The summed E-state index contributed by atoms with van der Waals surface area (Å²) in [5.41, 5.74) is 0.193. The van der Waals surface area contributed by atoms with Gasteiger partial charge in [-0.3, -0.25) is 0 Å². The molecule has 0 aliphatic rings. The van der Waals surface area contributed by atoms with Crippen molar-refractivity contribution in [2.24, 2.45) is 0 Å². The predicted molar refractivity (Wildman–Crippen MR) is 74.4 cm³/mol. The van der Waals surface area contributed by atoms with Crippen LogP contribution in [0.4, 0.5) is 0 Å². The highest BCUT2D eigenvalue weighted by Gasteiger charge is 2.26. The van der Waals surface area contributed by atoms with Gasteiger partial charge in [-0.25, -0.2) is 13.1 Å². The standard InChI is InChI=1S/C12H23N3O3S/c1-5-13-7-10-6-11(8-14-10)19(16,17)15-12(2,3)9-18-4/h6,8,13-15H,5,7,9H2,1-4H3. The number of ether oxygens (including phenoxy) is 1. The molecule has 0 aromatic carbocycles. The third kappa shape index (κ3) is 4.94. The Morgan fingerprint density at radius 2 is 2.11 bits per heavy atom. The van der Waals surface area contributed by atoms with Crippen molar-refractivity contribution in [3.63, 3.8) is 0 Å².